The first-order chi connectivity index (χ1) is 18.6. The van der Waals surface area contributed by atoms with Crippen LogP contribution in [-0.4, -0.2) is 54.7 Å². The summed E-state index contributed by atoms with van der Waals surface area (Å²) in [6.07, 6.45) is -1.44. The van der Waals surface area contributed by atoms with E-state index < -0.39 is 30.1 Å². The summed E-state index contributed by atoms with van der Waals surface area (Å²) in [6.45, 7) is -0.00419. The van der Waals surface area contributed by atoms with E-state index in [0.717, 1.165) is 16.7 Å². The molecule has 0 bridgehead atoms. The number of nitrogens with zero attached hydrogens (tertiary/aromatic N) is 4. The lowest BCUT2D eigenvalue weighted by Gasteiger charge is -2.37. The molecule has 1 aliphatic rings. The number of aliphatic hydroxyl groups excluding tert-OH is 2. The number of ether oxygens (including phenoxy) is 2. The Kier molecular flexibility index (Phi) is 6.65. The topological polar surface area (TPSA) is 103 Å². The van der Waals surface area contributed by atoms with Crippen molar-refractivity contribution in [1.82, 2.24) is 19.5 Å². The summed E-state index contributed by atoms with van der Waals surface area (Å²) in [4.78, 5) is 12.4. The van der Waals surface area contributed by atoms with Crippen molar-refractivity contribution < 1.29 is 19.7 Å². The number of benzene rings is 3. The summed E-state index contributed by atoms with van der Waals surface area (Å²) in [6, 6.07) is 29.8. The number of aliphatic hydroxyl groups is 2. The Morgan fingerprint density at radius 3 is 1.89 bits per heavy atom. The fraction of sp³-hybridized carbons (Fsp3) is 0.207. The molecule has 2 N–H and O–H groups in total. The van der Waals surface area contributed by atoms with Gasteiger partial charge in [-0.3, -0.25) is 4.57 Å². The summed E-state index contributed by atoms with van der Waals surface area (Å²) >= 11 is 6.15. The Hall–Kier alpha value is -3.66. The predicted molar refractivity (Wildman–Crippen MR) is 141 cm³/mol. The molecule has 4 atom stereocenters. The average Bonchev–Trinajstić information content (AvgIpc) is 3.52. The lowest BCUT2D eigenvalue weighted by Crippen LogP contribution is -2.39. The maximum atomic E-state index is 11.0. The van der Waals surface area contributed by atoms with E-state index in [1.807, 2.05) is 91.0 Å². The van der Waals surface area contributed by atoms with Crippen molar-refractivity contribution in [1.29, 1.82) is 0 Å². The van der Waals surface area contributed by atoms with E-state index in [4.69, 9.17) is 21.1 Å². The summed E-state index contributed by atoms with van der Waals surface area (Å²) < 4.78 is 14.5. The first-order valence-electron chi connectivity index (χ1n) is 12.2. The van der Waals surface area contributed by atoms with Crippen LogP contribution in [0, 0.1) is 0 Å². The minimum atomic E-state index is -1.24. The van der Waals surface area contributed by atoms with Crippen LogP contribution in [0.4, 0.5) is 0 Å². The van der Waals surface area contributed by atoms with Gasteiger partial charge in [-0.05, 0) is 16.7 Å². The molecule has 192 valence electrons. The number of aromatic nitrogens is 4. The number of halogens is 1. The molecule has 9 heteroatoms. The van der Waals surface area contributed by atoms with Crippen LogP contribution >= 0.6 is 11.6 Å². The molecule has 3 aromatic carbocycles. The Labute approximate surface area is 224 Å². The molecule has 5 aromatic rings. The molecule has 0 unspecified atom stereocenters. The van der Waals surface area contributed by atoms with Crippen LogP contribution in [0.3, 0.4) is 0 Å². The van der Waals surface area contributed by atoms with Gasteiger partial charge in [-0.1, -0.05) is 103 Å². The molecule has 1 aliphatic heterocycles. The number of hydrogen-bond donors (Lipinski definition) is 2. The Morgan fingerprint density at radius 1 is 0.789 bits per heavy atom. The second-order valence-electron chi connectivity index (χ2n) is 9.13. The minimum absolute atomic E-state index is 0.00419. The molecule has 0 aliphatic carbocycles. The lowest BCUT2D eigenvalue weighted by molar-refractivity contribution is -0.0942. The fourth-order valence-electron chi connectivity index (χ4n) is 5.08. The highest BCUT2D eigenvalue weighted by Crippen LogP contribution is 2.42. The quantitative estimate of drug-likeness (QED) is 0.242. The smallest absolute Gasteiger partial charge is 0.167 e. The zero-order valence-electron chi connectivity index (χ0n) is 20.2. The third-order valence-corrected chi connectivity index (χ3v) is 7.21. The van der Waals surface area contributed by atoms with E-state index in [1.165, 1.54) is 12.7 Å². The van der Waals surface area contributed by atoms with Crippen molar-refractivity contribution in [2.45, 2.75) is 30.1 Å². The van der Waals surface area contributed by atoms with Crippen molar-refractivity contribution >= 4 is 22.8 Å². The van der Waals surface area contributed by atoms with Crippen LogP contribution < -0.4 is 0 Å². The summed E-state index contributed by atoms with van der Waals surface area (Å²) in [5.41, 5.74) is 2.57. The third-order valence-electron chi connectivity index (χ3n) is 6.93. The summed E-state index contributed by atoms with van der Waals surface area (Å²) in [5, 5.41) is 22.2. The molecular weight excluding hydrogens is 504 g/mol. The molecule has 0 spiro atoms. The monoisotopic (exact) mass is 528 g/mol. The first kappa shape index (κ1) is 24.7. The minimum Gasteiger partial charge on any atom is -0.387 e. The molecule has 0 radical (unpaired) electrons. The van der Waals surface area contributed by atoms with Crippen LogP contribution in [0.5, 0.6) is 0 Å². The van der Waals surface area contributed by atoms with E-state index in [9.17, 15) is 10.2 Å². The number of fused-ring (bicyclic) bond motifs is 1. The molecular formula is C29H25ClN4O4. The molecule has 0 amide bonds. The number of rotatable bonds is 7. The first-order valence-corrected chi connectivity index (χ1v) is 12.6. The Balaban J connectivity index is 1.36. The van der Waals surface area contributed by atoms with E-state index in [0.29, 0.717) is 11.2 Å². The highest BCUT2D eigenvalue weighted by Gasteiger charge is 2.46. The van der Waals surface area contributed by atoms with Gasteiger partial charge < -0.3 is 19.7 Å². The van der Waals surface area contributed by atoms with Gasteiger partial charge in [0, 0.05) is 0 Å². The second-order valence-corrected chi connectivity index (χ2v) is 9.48. The van der Waals surface area contributed by atoms with Gasteiger partial charge in [0.05, 0.1) is 12.9 Å². The fourth-order valence-corrected chi connectivity index (χ4v) is 5.26. The summed E-state index contributed by atoms with van der Waals surface area (Å²) in [5.74, 6) is 0. The number of hydrogen-bond acceptors (Lipinski definition) is 7. The van der Waals surface area contributed by atoms with E-state index in [1.54, 1.807) is 4.57 Å². The van der Waals surface area contributed by atoms with Crippen molar-refractivity contribution in [2.24, 2.45) is 0 Å². The van der Waals surface area contributed by atoms with Gasteiger partial charge in [0.25, 0.3) is 0 Å². The van der Waals surface area contributed by atoms with Crippen LogP contribution in [0.1, 0.15) is 22.9 Å². The van der Waals surface area contributed by atoms with Gasteiger partial charge in [0.2, 0.25) is 0 Å². The molecule has 8 nitrogen and oxygen atoms in total. The van der Waals surface area contributed by atoms with E-state index in [2.05, 4.69) is 15.0 Å². The predicted octanol–water partition coefficient (Wildman–Crippen LogP) is 4.11. The number of imidazole rings is 1. The zero-order valence-corrected chi connectivity index (χ0v) is 21.0. The standard InChI is InChI=1S/C29H25ClN4O4/c30-26-23-27(32-17-31-26)34(18-33-23)28-25(36)24(35)22(38-28)16-37-29(19-10-4-1-5-11-19,20-12-6-2-7-13-20)21-14-8-3-9-15-21/h1-15,17-18,22,24-25,28,35-36H,16H2/t22-,24-,25-,28-/m1/s1. The second kappa shape index (κ2) is 10.2. The van der Waals surface area contributed by atoms with Gasteiger partial charge in [0.1, 0.15) is 35.8 Å². The molecule has 1 saturated heterocycles. The highest BCUT2D eigenvalue weighted by molar-refractivity contribution is 6.33. The van der Waals surface area contributed by atoms with Crippen molar-refractivity contribution in [3.05, 3.63) is 125 Å². The normalized spacial score (nSPS) is 21.7. The van der Waals surface area contributed by atoms with Gasteiger partial charge in [0.15, 0.2) is 17.0 Å². The lowest BCUT2D eigenvalue weighted by atomic mass is 9.80. The van der Waals surface area contributed by atoms with Gasteiger partial charge in [-0.15, -0.1) is 0 Å². The average molecular weight is 529 g/mol. The van der Waals surface area contributed by atoms with E-state index >= 15 is 0 Å². The molecule has 1 fully saturated rings. The van der Waals surface area contributed by atoms with Gasteiger partial charge >= 0.3 is 0 Å². The van der Waals surface area contributed by atoms with Gasteiger partial charge in [-0.25, -0.2) is 15.0 Å². The van der Waals surface area contributed by atoms with Crippen LogP contribution in [0.2, 0.25) is 5.15 Å². The Bertz CT molecular complexity index is 1420. The zero-order chi connectivity index (χ0) is 26.1. The molecule has 3 heterocycles. The molecule has 0 saturated carbocycles. The van der Waals surface area contributed by atoms with Crippen molar-refractivity contribution in [3.63, 3.8) is 0 Å². The van der Waals surface area contributed by atoms with Gasteiger partial charge in [-0.2, -0.15) is 0 Å². The van der Waals surface area contributed by atoms with E-state index in [-0.39, 0.29) is 11.8 Å². The third kappa shape index (κ3) is 4.16. The Morgan fingerprint density at radius 2 is 1.34 bits per heavy atom. The summed E-state index contributed by atoms with van der Waals surface area (Å²) in [7, 11) is 0. The van der Waals surface area contributed by atoms with Crippen molar-refractivity contribution in [2.75, 3.05) is 6.61 Å². The van der Waals surface area contributed by atoms with Crippen LogP contribution in [0.15, 0.2) is 104 Å². The maximum absolute atomic E-state index is 11.0. The SMILES string of the molecule is O[C@@H]1[C@H](O)[C@@H](COC(c2ccccc2)(c2ccccc2)c2ccccc2)O[C@H]1n1cnc2c(Cl)ncnc21. The highest BCUT2D eigenvalue weighted by atomic mass is 35.5. The molecule has 38 heavy (non-hydrogen) atoms. The van der Waals surface area contributed by atoms with Crippen LogP contribution in [0.25, 0.3) is 11.2 Å². The van der Waals surface area contributed by atoms with Crippen molar-refractivity contribution in [3.8, 4) is 0 Å². The van der Waals surface area contributed by atoms with Crippen LogP contribution in [-0.2, 0) is 15.1 Å². The maximum Gasteiger partial charge on any atom is 0.167 e. The largest absolute Gasteiger partial charge is 0.387 e. The molecule has 2 aromatic heterocycles. The molecule has 6 rings (SSSR count).